The highest BCUT2D eigenvalue weighted by atomic mass is 19.1. The van der Waals surface area contributed by atoms with Crippen molar-refractivity contribution in [3.63, 3.8) is 0 Å². The number of aromatic nitrogens is 2. The SMILES string of the molecule is COc1ccc(NC(=O)c2cc(Nc3ccccc3F)ncn2)cc1. The summed E-state index contributed by atoms with van der Waals surface area (Å²) in [5.41, 5.74) is 1.03. The monoisotopic (exact) mass is 338 g/mol. The molecule has 0 saturated heterocycles. The van der Waals surface area contributed by atoms with Crippen molar-refractivity contribution >= 4 is 23.1 Å². The molecule has 0 fully saturated rings. The van der Waals surface area contributed by atoms with Gasteiger partial charge in [-0.2, -0.15) is 0 Å². The molecule has 0 spiro atoms. The van der Waals surface area contributed by atoms with E-state index in [1.54, 1.807) is 49.6 Å². The Labute approximate surface area is 143 Å². The number of hydrogen-bond donors (Lipinski definition) is 2. The van der Waals surface area contributed by atoms with Crippen LogP contribution in [-0.2, 0) is 0 Å². The normalized spacial score (nSPS) is 10.2. The molecule has 126 valence electrons. The Balaban J connectivity index is 1.74. The Bertz CT molecular complexity index is 884. The Kier molecular flexibility index (Phi) is 4.84. The van der Waals surface area contributed by atoms with Gasteiger partial charge >= 0.3 is 0 Å². The number of amides is 1. The van der Waals surface area contributed by atoms with E-state index in [0.29, 0.717) is 17.3 Å². The summed E-state index contributed by atoms with van der Waals surface area (Å²) < 4.78 is 18.8. The highest BCUT2D eigenvalue weighted by Crippen LogP contribution is 2.19. The number of nitrogens with zero attached hydrogens (tertiary/aromatic N) is 2. The van der Waals surface area contributed by atoms with Crippen molar-refractivity contribution in [2.45, 2.75) is 0 Å². The van der Waals surface area contributed by atoms with Crippen LogP contribution < -0.4 is 15.4 Å². The number of carbonyl (C=O) groups is 1. The zero-order valence-corrected chi connectivity index (χ0v) is 13.4. The van der Waals surface area contributed by atoms with Crippen LogP contribution in [0.2, 0.25) is 0 Å². The summed E-state index contributed by atoms with van der Waals surface area (Å²) in [6, 6.07) is 14.6. The second-order valence-electron chi connectivity index (χ2n) is 5.08. The molecule has 1 aromatic heterocycles. The second kappa shape index (κ2) is 7.39. The number of rotatable bonds is 5. The Hall–Kier alpha value is -3.48. The van der Waals surface area contributed by atoms with Gasteiger partial charge in [-0.3, -0.25) is 4.79 Å². The van der Waals surface area contributed by atoms with Gasteiger partial charge in [-0.1, -0.05) is 12.1 Å². The van der Waals surface area contributed by atoms with Crippen molar-refractivity contribution in [3.05, 3.63) is 72.4 Å². The van der Waals surface area contributed by atoms with E-state index in [4.69, 9.17) is 4.74 Å². The maximum Gasteiger partial charge on any atom is 0.274 e. The van der Waals surface area contributed by atoms with Crippen LogP contribution in [0.1, 0.15) is 10.5 Å². The maximum atomic E-state index is 13.7. The Morgan fingerprint density at radius 1 is 1.08 bits per heavy atom. The van der Waals surface area contributed by atoms with Gasteiger partial charge in [-0.25, -0.2) is 14.4 Å². The molecule has 0 aliphatic carbocycles. The third-order valence-corrected chi connectivity index (χ3v) is 3.38. The van der Waals surface area contributed by atoms with E-state index in [9.17, 15) is 9.18 Å². The Morgan fingerprint density at radius 2 is 1.84 bits per heavy atom. The van der Waals surface area contributed by atoms with Crippen molar-refractivity contribution < 1.29 is 13.9 Å². The first-order valence-electron chi connectivity index (χ1n) is 7.45. The molecule has 3 aromatic rings. The van der Waals surface area contributed by atoms with Gasteiger partial charge in [0.15, 0.2) is 0 Å². The summed E-state index contributed by atoms with van der Waals surface area (Å²) in [4.78, 5) is 20.3. The second-order valence-corrected chi connectivity index (χ2v) is 5.08. The van der Waals surface area contributed by atoms with Crippen LogP contribution in [-0.4, -0.2) is 23.0 Å². The average Bonchev–Trinajstić information content (AvgIpc) is 2.64. The van der Waals surface area contributed by atoms with E-state index in [-0.39, 0.29) is 11.4 Å². The average molecular weight is 338 g/mol. The molecule has 0 aliphatic heterocycles. The predicted molar refractivity (Wildman–Crippen MR) is 92.7 cm³/mol. The lowest BCUT2D eigenvalue weighted by atomic mass is 10.2. The number of anilines is 3. The fraction of sp³-hybridized carbons (Fsp3) is 0.0556. The minimum atomic E-state index is -0.412. The zero-order valence-electron chi connectivity index (χ0n) is 13.4. The van der Waals surface area contributed by atoms with Crippen molar-refractivity contribution in [2.75, 3.05) is 17.7 Å². The molecule has 0 radical (unpaired) electrons. The van der Waals surface area contributed by atoms with Crippen LogP contribution in [0, 0.1) is 5.82 Å². The molecular formula is C18H15FN4O2. The molecule has 6 nitrogen and oxygen atoms in total. The number of methoxy groups -OCH3 is 1. The number of carbonyl (C=O) groups excluding carboxylic acids is 1. The van der Waals surface area contributed by atoms with Crippen molar-refractivity contribution in [3.8, 4) is 5.75 Å². The number of nitrogens with one attached hydrogen (secondary N) is 2. The molecule has 2 aromatic carbocycles. The largest absolute Gasteiger partial charge is 0.497 e. The smallest absolute Gasteiger partial charge is 0.274 e. The van der Waals surface area contributed by atoms with Gasteiger partial charge in [0.2, 0.25) is 0 Å². The maximum absolute atomic E-state index is 13.7. The highest BCUT2D eigenvalue weighted by Gasteiger charge is 2.10. The number of hydrogen-bond acceptors (Lipinski definition) is 5. The van der Waals surface area contributed by atoms with Gasteiger partial charge in [0.1, 0.15) is 29.4 Å². The van der Waals surface area contributed by atoms with E-state index in [2.05, 4.69) is 20.6 Å². The molecule has 7 heteroatoms. The third kappa shape index (κ3) is 4.08. The summed E-state index contributed by atoms with van der Waals surface area (Å²) >= 11 is 0. The van der Waals surface area contributed by atoms with Gasteiger partial charge in [0.05, 0.1) is 12.8 Å². The summed E-state index contributed by atoms with van der Waals surface area (Å²) in [7, 11) is 1.57. The zero-order chi connectivity index (χ0) is 17.6. The first kappa shape index (κ1) is 16.4. The van der Waals surface area contributed by atoms with Gasteiger partial charge in [0.25, 0.3) is 5.91 Å². The lowest BCUT2D eigenvalue weighted by Crippen LogP contribution is -2.14. The van der Waals surface area contributed by atoms with E-state index in [1.165, 1.54) is 18.5 Å². The van der Waals surface area contributed by atoms with E-state index in [0.717, 1.165) is 0 Å². The first-order valence-corrected chi connectivity index (χ1v) is 7.45. The van der Waals surface area contributed by atoms with Crippen LogP contribution in [0.25, 0.3) is 0 Å². The summed E-state index contributed by atoms with van der Waals surface area (Å²) in [6.07, 6.45) is 1.24. The summed E-state index contributed by atoms with van der Waals surface area (Å²) in [6.45, 7) is 0. The third-order valence-electron chi connectivity index (χ3n) is 3.38. The molecule has 0 aliphatic rings. The van der Waals surface area contributed by atoms with Crippen molar-refractivity contribution in [1.29, 1.82) is 0 Å². The molecule has 0 bridgehead atoms. The van der Waals surface area contributed by atoms with Crippen LogP contribution in [0.4, 0.5) is 21.6 Å². The van der Waals surface area contributed by atoms with Crippen LogP contribution in [0.15, 0.2) is 60.9 Å². The predicted octanol–water partition coefficient (Wildman–Crippen LogP) is 3.62. The molecule has 0 unspecified atom stereocenters. The molecule has 1 amide bonds. The van der Waals surface area contributed by atoms with Gasteiger partial charge < -0.3 is 15.4 Å². The first-order chi connectivity index (χ1) is 12.2. The fourth-order valence-electron chi connectivity index (χ4n) is 2.12. The van der Waals surface area contributed by atoms with Crippen LogP contribution >= 0.6 is 0 Å². The van der Waals surface area contributed by atoms with Crippen LogP contribution in [0.5, 0.6) is 5.75 Å². The summed E-state index contributed by atoms with van der Waals surface area (Å²) in [5, 5.41) is 5.55. The lowest BCUT2D eigenvalue weighted by molar-refractivity contribution is 0.102. The minimum absolute atomic E-state index is 0.157. The topological polar surface area (TPSA) is 76.1 Å². The van der Waals surface area contributed by atoms with Crippen molar-refractivity contribution in [1.82, 2.24) is 9.97 Å². The standard InChI is InChI=1S/C18H15FN4O2/c1-25-13-8-6-12(7-9-13)22-18(24)16-10-17(21-11-20-16)23-15-5-3-2-4-14(15)19/h2-11H,1H3,(H,22,24)(H,20,21,23). The van der Waals surface area contributed by atoms with Gasteiger partial charge in [-0.05, 0) is 36.4 Å². The fourth-order valence-corrected chi connectivity index (χ4v) is 2.12. The summed E-state index contributed by atoms with van der Waals surface area (Å²) in [5.74, 6) is 0.200. The molecule has 3 rings (SSSR count). The number of ether oxygens (including phenoxy) is 1. The van der Waals surface area contributed by atoms with E-state index >= 15 is 0 Å². The minimum Gasteiger partial charge on any atom is -0.497 e. The van der Waals surface area contributed by atoms with Crippen LogP contribution in [0.3, 0.4) is 0 Å². The molecule has 2 N–H and O–H groups in total. The molecule has 25 heavy (non-hydrogen) atoms. The molecular weight excluding hydrogens is 323 g/mol. The van der Waals surface area contributed by atoms with E-state index in [1.807, 2.05) is 0 Å². The van der Waals surface area contributed by atoms with Gasteiger partial charge in [0, 0.05) is 11.8 Å². The van der Waals surface area contributed by atoms with E-state index < -0.39 is 11.7 Å². The highest BCUT2D eigenvalue weighted by molar-refractivity contribution is 6.03. The lowest BCUT2D eigenvalue weighted by Gasteiger charge is -2.08. The number of benzene rings is 2. The molecule has 0 atom stereocenters. The quantitative estimate of drug-likeness (QED) is 0.743. The molecule has 0 saturated carbocycles. The number of halogens is 1. The number of para-hydroxylation sites is 1. The molecule has 1 heterocycles. The Morgan fingerprint density at radius 3 is 2.56 bits per heavy atom. The van der Waals surface area contributed by atoms with Crippen molar-refractivity contribution in [2.24, 2.45) is 0 Å². The van der Waals surface area contributed by atoms with Gasteiger partial charge in [-0.15, -0.1) is 0 Å².